The van der Waals surface area contributed by atoms with Crippen molar-refractivity contribution in [2.24, 2.45) is 0 Å². The van der Waals surface area contributed by atoms with Gasteiger partial charge in [0, 0.05) is 18.2 Å². The topological polar surface area (TPSA) is 53.7 Å². The number of rotatable bonds is 19. The number of unbranched alkanes of at least 4 members (excludes halogenated alkanes) is 13. The molecule has 1 saturated heterocycles. The lowest BCUT2D eigenvalue weighted by atomic mass is 10.0. The third-order valence-corrected chi connectivity index (χ3v) is 8.00. The van der Waals surface area contributed by atoms with Gasteiger partial charge in [0.25, 0.3) is 5.52 Å². The normalized spacial score (nSPS) is 13.9. The summed E-state index contributed by atoms with van der Waals surface area (Å²) in [5.74, 6) is 0.0477. The van der Waals surface area contributed by atoms with E-state index in [9.17, 15) is 9.90 Å². The highest BCUT2D eigenvalue weighted by Crippen LogP contribution is 2.28. The van der Waals surface area contributed by atoms with Gasteiger partial charge in [-0.05, 0) is 44.5 Å². The second-order valence-electron chi connectivity index (χ2n) is 11.3. The summed E-state index contributed by atoms with van der Waals surface area (Å²) >= 11 is 0. The molecule has 2 aromatic rings. The first kappa shape index (κ1) is 33.5. The van der Waals surface area contributed by atoms with Gasteiger partial charge in [-0.3, -0.25) is 4.90 Å². The van der Waals surface area contributed by atoms with Crippen LogP contribution in [-0.2, 0) is 22.6 Å². The number of pyridine rings is 1. The van der Waals surface area contributed by atoms with E-state index in [0.29, 0.717) is 6.61 Å². The first-order valence-corrected chi connectivity index (χ1v) is 15.7. The lowest BCUT2D eigenvalue weighted by Crippen LogP contribution is -3.00. The van der Waals surface area contributed by atoms with Crippen LogP contribution in [0.2, 0.25) is 0 Å². The third-order valence-electron chi connectivity index (χ3n) is 8.00. The maximum Gasteiger partial charge on any atom is 0.372 e. The number of phenolic OH excluding ortho intramolecular Hbond substituents is 1. The summed E-state index contributed by atoms with van der Waals surface area (Å²) in [4.78, 5) is 15.0. The second-order valence-corrected chi connectivity index (χ2v) is 11.3. The van der Waals surface area contributed by atoms with E-state index in [4.69, 9.17) is 4.74 Å². The average molecular weight is 606 g/mol. The highest BCUT2D eigenvalue weighted by molar-refractivity contribution is 5.83. The number of fused-ring (bicyclic) bond motifs is 1. The fraction of sp³-hybridized carbons (Fsp3) is 0.697. The van der Waals surface area contributed by atoms with Gasteiger partial charge in [0.1, 0.15) is 0 Å². The Morgan fingerprint density at radius 2 is 1.44 bits per heavy atom. The Labute approximate surface area is 248 Å². The number of aromatic nitrogens is 1. The molecule has 1 N–H and O–H groups in total. The van der Waals surface area contributed by atoms with Crippen molar-refractivity contribution in [1.29, 1.82) is 0 Å². The summed E-state index contributed by atoms with van der Waals surface area (Å²) in [6.07, 6.45) is 24.0. The molecule has 0 atom stereocenters. The summed E-state index contributed by atoms with van der Waals surface area (Å²) < 4.78 is 7.38. The Morgan fingerprint density at radius 3 is 2.05 bits per heavy atom. The van der Waals surface area contributed by atoms with E-state index in [-0.39, 0.29) is 35.2 Å². The molecule has 220 valence electrons. The van der Waals surface area contributed by atoms with Gasteiger partial charge >= 0.3 is 5.97 Å². The number of likely N-dealkylation sites (tertiary alicyclic amines) is 1. The molecule has 39 heavy (non-hydrogen) atoms. The van der Waals surface area contributed by atoms with E-state index < -0.39 is 0 Å². The van der Waals surface area contributed by atoms with Crippen LogP contribution in [0, 0.1) is 0 Å². The molecule has 2 heterocycles. The Balaban J connectivity index is 0.00000533. The van der Waals surface area contributed by atoms with Crippen LogP contribution in [0.4, 0.5) is 0 Å². The molecule has 1 aromatic carbocycles. The molecule has 0 saturated carbocycles. The Morgan fingerprint density at radius 1 is 0.846 bits per heavy atom. The van der Waals surface area contributed by atoms with Gasteiger partial charge < -0.3 is 26.8 Å². The summed E-state index contributed by atoms with van der Waals surface area (Å²) in [6, 6.07) is 7.97. The van der Waals surface area contributed by atoms with E-state index in [0.717, 1.165) is 48.9 Å². The van der Waals surface area contributed by atoms with Crippen molar-refractivity contribution in [3.63, 3.8) is 0 Å². The first-order chi connectivity index (χ1) is 18.7. The number of carbonyl (C=O) groups excluding carboxylic acids is 1. The number of nitrogens with zero attached hydrogens (tertiary/aromatic N) is 2. The maximum atomic E-state index is 12.6. The molecule has 1 aliphatic heterocycles. The minimum atomic E-state index is -0.238. The molecule has 1 aromatic heterocycles. The highest BCUT2D eigenvalue weighted by atomic mass is 79.9. The third kappa shape index (κ3) is 12.6. The van der Waals surface area contributed by atoms with Gasteiger partial charge in [0.05, 0.1) is 12.0 Å². The fourth-order valence-electron chi connectivity index (χ4n) is 5.68. The lowest BCUT2D eigenvalue weighted by Gasteiger charge is -2.26. The van der Waals surface area contributed by atoms with Crippen molar-refractivity contribution in [2.75, 3.05) is 19.7 Å². The zero-order valence-electron chi connectivity index (χ0n) is 24.5. The minimum Gasteiger partial charge on any atom is -1.00 e. The molecule has 0 bridgehead atoms. The van der Waals surface area contributed by atoms with Crippen molar-refractivity contribution < 1.29 is 36.2 Å². The number of halogens is 1. The predicted octanol–water partition coefficient (Wildman–Crippen LogP) is 4.85. The van der Waals surface area contributed by atoms with Crippen LogP contribution in [-0.4, -0.2) is 35.7 Å². The van der Waals surface area contributed by atoms with Crippen molar-refractivity contribution in [3.05, 3.63) is 36.0 Å². The highest BCUT2D eigenvalue weighted by Gasteiger charge is 2.21. The number of esters is 1. The zero-order valence-corrected chi connectivity index (χ0v) is 26.1. The number of hydrogen-bond acceptors (Lipinski definition) is 4. The molecule has 1 fully saturated rings. The van der Waals surface area contributed by atoms with Crippen LogP contribution in [0.25, 0.3) is 10.9 Å². The number of ether oxygens (including phenoxy) is 1. The molecule has 1 aliphatic rings. The van der Waals surface area contributed by atoms with Crippen molar-refractivity contribution >= 4 is 16.9 Å². The van der Waals surface area contributed by atoms with Gasteiger partial charge in [-0.2, -0.15) is 4.57 Å². The van der Waals surface area contributed by atoms with E-state index in [2.05, 4.69) is 11.8 Å². The number of carbonyl (C=O) groups is 1. The van der Waals surface area contributed by atoms with Gasteiger partial charge in [0.2, 0.25) is 6.54 Å². The van der Waals surface area contributed by atoms with Gasteiger partial charge in [-0.15, -0.1) is 0 Å². The summed E-state index contributed by atoms with van der Waals surface area (Å²) in [5.41, 5.74) is 1.64. The van der Waals surface area contributed by atoms with Crippen LogP contribution >= 0.6 is 0 Å². The Bertz CT molecular complexity index is 946. The van der Waals surface area contributed by atoms with E-state index in [1.807, 2.05) is 35.0 Å². The van der Waals surface area contributed by atoms with E-state index >= 15 is 0 Å². The van der Waals surface area contributed by atoms with Gasteiger partial charge in [-0.1, -0.05) is 103 Å². The SMILES string of the molecule is CCCCCCCCCCCCCCCCOC(=O)C[n+]1cccc2ccc(CN3CCCCC3)c(O)c21.[Br-]. The smallest absolute Gasteiger partial charge is 0.372 e. The summed E-state index contributed by atoms with van der Waals surface area (Å²) in [7, 11) is 0. The van der Waals surface area contributed by atoms with Crippen LogP contribution in [0.15, 0.2) is 30.5 Å². The molecule has 0 unspecified atom stereocenters. The molecule has 6 heteroatoms. The minimum absolute atomic E-state index is 0. The Hall–Kier alpha value is -1.66. The average Bonchev–Trinajstić information content (AvgIpc) is 2.93. The molecular formula is C33H53BrN2O3. The van der Waals surface area contributed by atoms with Crippen molar-refractivity contribution in [3.8, 4) is 5.75 Å². The lowest BCUT2D eigenvalue weighted by molar-refractivity contribution is -0.660. The predicted molar refractivity (Wildman–Crippen MR) is 156 cm³/mol. The summed E-state index contributed by atoms with van der Waals surface area (Å²) in [6.45, 7) is 5.79. The largest absolute Gasteiger partial charge is 1.00 e. The summed E-state index contributed by atoms with van der Waals surface area (Å²) in [5, 5.41) is 12.0. The van der Waals surface area contributed by atoms with Crippen LogP contribution in [0.1, 0.15) is 122 Å². The zero-order chi connectivity index (χ0) is 26.8. The molecule has 0 radical (unpaired) electrons. The molecular weight excluding hydrogens is 552 g/mol. The molecule has 0 aliphatic carbocycles. The van der Waals surface area contributed by atoms with Crippen molar-refractivity contribution in [1.82, 2.24) is 4.90 Å². The van der Waals surface area contributed by atoms with Crippen molar-refractivity contribution in [2.45, 2.75) is 129 Å². The quantitative estimate of drug-likeness (QED) is 0.141. The Kier molecular flexibility index (Phi) is 17.4. The molecule has 0 amide bonds. The maximum absolute atomic E-state index is 12.6. The van der Waals surface area contributed by atoms with Crippen LogP contribution in [0.3, 0.4) is 0 Å². The van der Waals surface area contributed by atoms with E-state index in [1.165, 1.54) is 96.3 Å². The van der Waals surface area contributed by atoms with Gasteiger partial charge in [0.15, 0.2) is 11.9 Å². The molecule has 3 rings (SSSR count). The monoisotopic (exact) mass is 604 g/mol. The number of aromatic hydroxyl groups is 1. The van der Waals surface area contributed by atoms with E-state index in [1.54, 1.807) is 0 Å². The first-order valence-electron chi connectivity index (χ1n) is 15.7. The van der Waals surface area contributed by atoms with Crippen LogP contribution in [0.5, 0.6) is 5.75 Å². The number of piperidine rings is 1. The number of benzene rings is 1. The fourth-order valence-corrected chi connectivity index (χ4v) is 5.68. The molecule has 0 spiro atoms. The van der Waals surface area contributed by atoms with Crippen LogP contribution < -0.4 is 21.5 Å². The van der Waals surface area contributed by atoms with Gasteiger partial charge in [-0.25, -0.2) is 4.79 Å². The standard InChI is InChI=1S/C33H52N2O3.BrH/c1-2-3-4-5-6-7-8-9-10-11-12-13-14-18-26-38-31(36)28-35-25-19-20-29-21-22-30(33(37)32(29)35)27-34-23-16-15-17-24-34;/h19-22,25H,2-18,23-24,26-28H2,1H3;1H. The number of hydrogen-bond donors (Lipinski definition) is 1. The second kappa shape index (κ2) is 20.3. The number of phenols is 1. The molecule has 5 nitrogen and oxygen atoms in total.